The van der Waals surface area contributed by atoms with Gasteiger partial charge < -0.3 is 9.72 Å². The minimum Gasteiger partial charge on any atom is -0.465 e. The summed E-state index contributed by atoms with van der Waals surface area (Å²) in [6.45, 7) is 2.28. The third-order valence-corrected chi connectivity index (χ3v) is 4.55. The molecule has 2 aromatic carbocycles. The summed E-state index contributed by atoms with van der Waals surface area (Å²) in [5, 5.41) is 0.462. The second-order valence-electron chi connectivity index (χ2n) is 6.33. The lowest BCUT2D eigenvalue weighted by molar-refractivity contribution is -0.145. The fourth-order valence-corrected chi connectivity index (χ4v) is 3.12. The molecular weight excluding hydrogens is 344 g/mol. The van der Waals surface area contributed by atoms with Gasteiger partial charge in [0.2, 0.25) is 0 Å². The fourth-order valence-electron chi connectivity index (χ4n) is 3.12. The maximum atomic E-state index is 12.5. The number of fused-ring (bicyclic) bond motifs is 1. The fraction of sp³-hybridized carbons (Fsp3) is 0.286. The second-order valence-corrected chi connectivity index (χ2v) is 6.33. The van der Waals surface area contributed by atoms with Gasteiger partial charge >= 0.3 is 11.7 Å². The van der Waals surface area contributed by atoms with Crippen LogP contribution in [0.1, 0.15) is 31.2 Å². The largest absolute Gasteiger partial charge is 0.465 e. The molecule has 0 saturated heterocycles. The summed E-state index contributed by atoms with van der Waals surface area (Å²) in [5.41, 5.74) is 0.646. The molecule has 0 saturated carbocycles. The molecular formula is C21H22N2O4. The van der Waals surface area contributed by atoms with Crippen LogP contribution in [0.3, 0.4) is 0 Å². The van der Waals surface area contributed by atoms with Crippen LogP contribution >= 0.6 is 0 Å². The van der Waals surface area contributed by atoms with E-state index in [0.29, 0.717) is 23.7 Å². The first-order chi connectivity index (χ1) is 13.1. The summed E-state index contributed by atoms with van der Waals surface area (Å²) < 4.78 is 6.52. The lowest BCUT2D eigenvalue weighted by atomic mass is 9.97. The number of hydrogen-bond donors (Lipinski definition) is 1. The summed E-state index contributed by atoms with van der Waals surface area (Å²) in [7, 11) is 0. The average molecular weight is 366 g/mol. The Balaban J connectivity index is 1.62. The Bertz CT molecular complexity index is 1040. The van der Waals surface area contributed by atoms with Gasteiger partial charge in [0.15, 0.2) is 0 Å². The van der Waals surface area contributed by atoms with Gasteiger partial charge in [-0.2, -0.15) is 0 Å². The molecule has 0 aliphatic heterocycles. The Kier molecular flexibility index (Phi) is 5.86. The standard InChI is InChI=1S/C21H22N2O4/c1-2-16(15-9-4-3-5-10-15)20(25)27-14-8-13-23-19(24)17-11-6-7-12-18(17)22-21(23)26/h3-7,9-12,16H,2,8,13-14H2,1H3,(H,22,26). The van der Waals surface area contributed by atoms with Crippen molar-refractivity contribution < 1.29 is 9.53 Å². The van der Waals surface area contributed by atoms with Crippen LogP contribution in [0.4, 0.5) is 0 Å². The van der Waals surface area contributed by atoms with E-state index in [0.717, 1.165) is 10.1 Å². The van der Waals surface area contributed by atoms with Crippen LogP contribution in [0, 0.1) is 0 Å². The Hall–Kier alpha value is -3.15. The number of H-pyrrole nitrogens is 1. The molecule has 140 valence electrons. The minimum atomic E-state index is -0.458. The van der Waals surface area contributed by atoms with Crippen molar-refractivity contribution in [1.82, 2.24) is 9.55 Å². The lowest BCUT2D eigenvalue weighted by Crippen LogP contribution is -2.35. The second kappa shape index (κ2) is 8.49. The quantitative estimate of drug-likeness (QED) is 0.515. The maximum Gasteiger partial charge on any atom is 0.328 e. The third kappa shape index (κ3) is 4.16. The van der Waals surface area contributed by atoms with Crippen molar-refractivity contribution in [3.63, 3.8) is 0 Å². The number of hydrogen-bond acceptors (Lipinski definition) is 4. The van der Waals surface area contributed by atoms with Gasteiger partial charge in [0.25, 0.3) is 5.56 Å². The van der Waals surface area contributed by atoms with Crippen molar-refractivity contribution in [3.05, 3.63) is 81.0 Å². The van der Waals surface area contributed by atoms with E-state index in [-0.39, 0.29) is 30.6 Å². The summed E-state index contributed by atoms with van der Waals surface area (Å²) in [5.74, 6) is -0.596. The lowest BCUT2D eigenvalue weighted by Gasteiger charge is -2.14. The molecule has 6 nitrogen and oxygen atoms in total. The normalized spacial score (nSPS) is 12.0. The highest BCUT2D eigenvalue weighted by Gasteiger charge is 2.19. The molecule has 3 rings (SSSR count). The van der Waals surface area contributed by atoms with Crippen molar-refractivity contribution in [2.24, 2.45) is 0 Å². The van der Waals surface area contributed by atoms with Gasteiger partial charge in [-0.3, -0.25) is 14.2 Å². The van der Waals surface area contributed by atoms with Crippen molar-refractivity contribution in [2.45, 2.75) is 32.2 Å². The Morgan fingerprint density at radius 2 is 1.78 bits per heavy atom. The van der Waals surface area contributed by atoms with E-state index in [1.165, 1.54) is 0 Å². The summed E-state index contributed by atoms with van der Waals surface area (Å²) >= 11 is 0. The van der Waals surface area contributed by atoms with Crippen LogP contribution in [0.2, 0.25) is 0 Å². The number of nitrogens with zero attached hydrogens (tertiary/aromatic N) is 1. The molecule has 1 atom stereocenters. The van der Waals surface area contributed by atoms with Crippen LogP contribution in [0.15, 0.2) is 64.2 Å². The molecule has 1 unspecified atom stereocenters. The minimum absolute atomic E-state index is 0.154. The number of rotatable bonds is 7. The summed E-state index contributed by atoms with van der Waals surface area (Å²) in [6.07, 6.45) is 1.03. The monoisotopic (exact) mass is 366 g/mol. The summed E-state index contributed by atoms with van der Waals surface area (Å²) in [4.78, 5) is 39.6. The maximum absolute atomic E-state index is 12.5. The van der Waals surface area contributed by atoms with Gasteiger partial charge in [0, 0.05) is 6.54 Å². The highest BCUT2D eigenvalue weighted by molar-refractivity contribution is 5.78. The van der Waals surface area contributed by atoms with Crippen molar-refractivity contribution in [2.75, 3.05) is 6.61 Å². The number of nitrogens with one attached hydrogen (secondary N) is 1. The van der Waals surface area contributed by atoms with E-state index < -0.39 is 5.69 Å². The van der Waals surface area contributed by atoms with Crippen molar-refractivity contribution in [3.8, 4) is 0 Å². The molecule has 27 heavy (non-hydrogen) atoms. The molecule has 0 radical (unpaired) electrons. The van der Waals surface area contributed by atoms with Crippen LogP contribution in [-0.2, 0) is 16.1 Å². The first-order valence-corrected chi connectivity index (χ1v) is 9.05. The van der Waals surface area contributed by atoms with E-state index >= 15 is 0 Å². The van der Waals surface area contributed by atoms with Crippen molar-refractivity contribution in [1.29, 1.82) is 0 Å². The van der Waals surface area contributed by atoms with E-state index in [1.54, 1.807) is 24.3 Å². The Labute approximate surface area is 156 Å². The number of carbonyl (C=O) groups excluding carboxylic acids is 1. The van der Waals surface area contributed by atoms with E-state index in [4.69, 9.17) is 4.74 Å². The van der Waals surface area contributed by atoms with Gasteiger partial charge in [-0.1, -0.05) is 49.4 Å². The molecule has 1 aromatic heterocycles. The van der Waals surface area contributed by atoms with E-state index in [2.05, 4.69) is 4.98 Å². The zero-order chi connectivity index (χ0) is 19.2. The van der Waals surface area contributed by atoms with Crippen molar-refractivity contribution >= 4 is 16.9 Å². The number of para-hydroxylation sites is 1. The van der Waals surface area contributed by atoms with Gasteiger partial charge in [-0.05, 0) is 30.5 Å². The average Bonchev–Trinajstić information content (AvgIpc) is 2.68. The molecule has 1 N–H and O–H groups in total. The Morgan fingerprint density at radius 3 is 2.52 bits per heavy atom. The molecule has 3 aromatic rings. The predicted molar refractivity (Wildman–Crippen MR) is 104 cm³/mol. The SMILES string of the molecule is CCC(C(=O)OCCCn1c(=O)[nH]c2ccccc2c1=O)c1ccccc1. The number of benzene rings is 2. The van der Waals surface area contributed by atoms with Crippen LogP contribution < -0.4 is 11.2 Å². The van der Waals surface area contributed by atoms with Gasteiger partial charge in [0.1, 0.15) is 0 Å². The highest BCUT2D eigenvalue weighted by Crippen LogP contribution is 2.20. The molecule has 0 aliphatic rings. The number of carbonyl (C=O) groups is 1. The van der Waals surface area contributed by atoms with E-state index in [1.807, 2.05) is 37.3 Å². The number of aromatic amines is 1. The molecule has 0 aliphatic carbocycles. The molecule has 0 spiro atoms. The number of aromatic nitrogens is 2. The smallest absolute Gasteiger partial charge is 0.328 e. The van der Waals surface area contributed by atoms with Gasteiger partial charge in [0.05, 0.1) is 23.4 Å². The van der Waals surface area contributed by atoms with Crippen LogP contribution in [0.5, 0.6) is 0 Å². The number of esters is 1. The van der Waals surface area contributed by atoms with Gasteiger partial charge in [-0.15, -0.1) is 0 Å². The molecule has 6 heteroatoms. The summed E-state index contributed by atoms with van der Waals surface area (Å²) in [6, 6.07) is 16.4. The molecule has 0 amide bonds. The zero-order valence-electron chi connectivity index (χ0n) is 15.2. The van der Waals surface area contributed by atoms with E-state index in [9.17, 15) is 14.4 Å². The molecule has 1 heterocycles. The molecule has 0 bridgehead atoms. The highest BCUT2D eigenvalue weighted by atomic mass is 16.5. The first kappa shape index (κ1) is 18.6. The number of ether oxygens (including phenoxy) is 1. The predicted octanol–water partition coefficient (Wildman–Crippen LogP) is 2.82. The first-order valence-electron chi connectivity index (χ1n) is 9.05. The van der Waals surface area contributed by atoms with Crippen LogP contribution in [-0.4, -0.2) is 22.1 Å². The Morgan fingerprint density at radius 1 is 1.07 bits per heavy atom. The third-order valence-electron chi connectivity index (χ3n) is 4.55. The molecule has 0 fully saturated rings. The zero-order valence-corrected chi connectivity index (χ0v) is 15.2. The topological polar surface area (TPSA) is 81.2 Å². The van der Waals surface area contributed by atoms with Gasteiger partial charge in [-0.25, -0.2) is 4.79 Å². The van der Waals surface area contributed by atoms with Crippen LogP contribution in [0.25, 0.3) is 10.9 Å².